The standard InChI is InChI=1S/C15H21NO2S/c1-10-8-13(6-7-14(10)15(16)19)18-12-5-3-4-11(9-12)17-2/h6-8,11-12H,3-5,9H2,1-2H3,(H2,16,19). The number of benzene rings is 1. The first-order chi connectivity index (χ1) is 9.10. The van der Waals surface area contributed by atoms with Crippen molar-refractivity contribution in [2.45, 2.75) is 44.8 Å². The Kier molecular flexibility index (Phi) is 4.77. The predicted octanol–water partition coefficient (Wildman–Crippen LogP) is 2.97. The smallest absolute Gasteiger partial charge is 0.120 e. The molecule has 1 aliphatic carbocycles. The van der Waals surface area contributed by atoms with Gasteiger partial charge in [0, 0.05) is 19.1 Å². The molecular formula is C15H21NO2S. The van der Waals surface area contributed by atoms with E-state index in [1.165, 1.54) is 0 Å². The van der Waals surface area contributed by atoms with E-state index in [4.69, 9.17) is 27.4 Å². The number of rotatable bonds is 4. The van der Waals surface area contributed by atoms with Gasteiger partial charge in [0.1, 0.15) is 16.8 Å². The first-order valence-electron chi connectivity index (χ1n) is 6.70. The molecular weight excluding hydrogens is 258 g/mol. The van der Waals surface area contributed by atoms with Crippen LogP contribution in [0.2, 0.25) is 0 Å². The Balaban J connectivity index is 2.03. The Hall–Kier alpha value is -1.13. The zero-order valence-electron chi connectivity index (χ0n) is 11.5. The van der Waals surface area contributed by atoms with Gasteiger partial charge in [0.25, 0.3) is 0 Å². The van der Waals surface area contributed by atoms with Crippen molar-refractivity contribution in [2.24, 2.45) is 5.73 Å². The van der Waals surface area contributed by atoms with Crippen LogP contribution in [0.1, 0.15) is 36.8 Å². The van der Waals surface area contributed by atoms with Gasteiger partial charge in [0.15, 0.2) is 0 Å². The molecule has 1 aliphatic rings. The van der Waals surface area contributed by atoms with E-state index in [1.54, 1.807) is 7.11 Å². The molecule has 3 nitrogen and oxygen atoms in total. The molecule has 0 spiro atoms. The van der Waals surface area contributed by atoms with E-state index < -0.39 is 0 Å². The maximum absolute atomic E-state index is 6.04. The average Bonchev–Trinajstić information content (AvgIpc) is 2.38. The van der Waals surface area contributed by atoms with Crippen molar-refractivity contribution in [3.63, 3.8) is 0 Å². The molecule has 104 valence electrons. The highest BCUT2D eigenvalue weighted by Gasteiger charge is 2.23. The fourth-order valence-electron chi connectivity index (χ4n) is 2.60. The molecule has 2 rings (SSSR count). The number of ether oxygens (including phenoxy) is 2. The number of aryl methyl sites for hydroxylation is 1. The fraction of sp³-hybridized carbons (Fsp3) is 0.533. The van der Waals surface area contributed by atoms with E-state index in [0.717, 1.165) is 42.6 Å². The molecule has 0 radical (unpaired) electrons. The molecule has 0 bridgehead atoms. The van der Waals surface area contributed by atoms with Crippen molar-refractivity contribution >= 4 is 17.2 Å². The zero-order valence-corrected chi connectivity index (χ0v) is 12.3. The highest BCUT2D eigenvalue weighted by Crippen LogP contribution is 2.26. The lowest BCUT2D eigenvalue weighted by atomic mass is 9.95. The van der Waals surface area contributed by atoms with Gasteiger partial charge in [-0.15, -0.1) is 0 Å². The number of hydrogen-bond donors (Lipinski definition) is 1. The van der Waals surface area contributed by atoms with Gasteiger partial charge in [0.05, 0.1) is 6.10 Å². The van der Waals surface area contributed by atoms with E-state index >= 15 is 0 Å². The third kappa shape index (κ3) is 3.67. The summed E-state index contributed by atoms with van der Waals surface area (Å²) < 4.78 is 11.5. The molecule has 2 unspecified atom stereocenters. The first kappa shape index (κ1) is 14.3. The van der Waals surface area contributed by atoms with Gasteiger partial charge in [-0.25, -0.2) is 0 Å². The Morgan fingerprint density at radius 1 is 1.32 bits per heavy atom. The van der Waals surface area contributed by atoms with Crippen LogP contribution >= 0.6 is 12.2 Å². The van der Waals surface area contributed by atoms with Gasteiger partial charge in [0.2, 0.25) is 0 Å². The fourth-order valence-corrected chi connectivity index (χ4v) is 2.83. The minimum absolute atomic E-state index is 0.244. The van der Waals surface area contributed by atoms with E-state index in [1.807, 2.05) is 25.1 Å². The van der Waals surface area contributed by atoms with E-state index in [0.29, 0.717) is 11.1 Å². The zero-order chi connectivity index (χ0) is 13.8. The lowest BCUT2D eigenvalue weighted by Gasteiger charge is -2.28. The molecule has 0 aliphatic heterocycles. The molecule has 1 aromatic carbocycles. The molecule has 1 fully saturated rings. The monoisotopic (exact) mass is 279 g/mol. The molecule has 19 heavy (non-hydrogen) atoms. The van der Waals surface area contributed by atoms with Crippen LogP contribution in [0.5, 0.6) is 5.75 Å². The summed E-state index contributed by atoms with van der Waals surface area (Å²) in [6.07, 6.45) is 4.93. The van der Waals surface area contributed by atoms with Crippen molar-refractivity contribution in [1.82, 2.24) is 0 Å². The predicted molar refractivity (Wildman–Crippen MR) is 80.7 cm³/mol. The van der Waals surface area contributed by atoms with Crippen LogP contribution in [0.15, 0.2) is 18.2 Å². The van der Waals surface area contributed by atoms with E-state index in [2.05, 4.69) is 0 Å². The lowest BCUT2D eigenvalue weighted by molar-refractivity contribution is 0.0209. The third-order valence-electron chi connectivity index (χ3n) is 3.68. The van der Waals surface area contributed by atoms with Crippen LogP contribution in [0.25, 0.3) is 0 Å². The second kappa shape index (κ2) is 6.35. The summed E-state index contributed by atoms with van der Waals surface area (Å²) in [4.78, 5) is 0.432. The Bertz CT molecular complexity index is 461. The molecule has 1 aromatic rings. The first-order valence-corrected chi connectivity index (χ1v) is 7.11. The second-order valence-corrected chi connectivity index (χ2v) is 5.54. The summed E-state index contributed by atoms with van der Waals surface area (Å²) >= 11 is 5.01. The highest BCUT2D eigenvalue weighted by molar-refractivity contribution is 7.80. The van der Waals surface area contributed by atoms with Gasteiger partial charge < -0.3 is 15.2 Å². The molecule has 0 saturated heterocycles. The van der Waals surface area contributed by atoms with E-state index in [9.17, 15) is 0 Å². The van der Waals surface area contributed by atoms with Crippen LogP contribution in [0.4, 0.5) is 0 Å². The van der Waals surface area contributed by atoms with Crippen LogP contribution in [-0.4, -0.2) is 24.3 Å². The highest BCUT2D eigenvalue weighted by atomic mass is 32.1. The summed E-state index contributed by atoms with van der Waals surface area (Å²) in [6, 6.07) is 5.88. The Labute approximate surface area is 120 Å². The minimum Gasteiger partial charge on any atom is -0.490 e. The van der Waals surface area contributed by atoms with Crippen molar-refractivity contribution in [2.75, 3.05) is 7.11 Å². The molecule has 2 atom stereocenters. The maximum atomic E-state index is 6.04. The minimum atomic E-state index is 0.244. The van der Waals surface area contributed by atoms with Crippen LogP contribution < -0.4 is 10.5 Å². The van der Waals surface area contributed by atoms with Gasteiger partial charge in [-0.2, -0.15) is 0 Å². The normalized spacial score (nSPS) is 23.1. The lowest BCUT2D eigenvalue weighted by Crippen LogP contribution is -2.29. The topological polar surface area (TPSA) is 44.5 Å². The quantitative estimate of drug-likeness (QED) is 0.861. The van der Waals surface area contributed by atoms with Crippen molar-refractivity contribution in [3.05, 3.63) is 29.3 Å². The Morgan fingerprint density at radius 3 is 2.68 bits per heavy atom. The van der Waals surface area contributed by atoms with Crippen LogP contribution in [-0.2, 0) is 4.74 Å². The van der Waals surface area contributed by atoms with Crippen molar-refractivity contribution in [1.29, 1.82) is 0 Å². The van der Waals surface area contributed by atoms with Gasteiger partial charge in [-0.1, -0.05) is 12.2 Å². The van der Waals surface area contributed by atoms with Gasteiger partial charge in [-0.05, 0) is 49.9 Å². The maximum Gasteiger partial charge on any atom is 0.120 e. The number of nitrogens with two attached hydrogens (primary N) is 1. The summed E-state index contributed by atoms with van der Waals surface area (Å²) in [5.41, 5.74) is 7.64. The molecule has 0 amide bonds. The molecule has 2 N–H and O–H groups in total. The second-order valence-electron chi connectivity index (χ2n) is 5.11. The largest absolute Gasteiger partial charge is 0.490 e. The summed E-state index contributed by atoms with van der Waals surface area (Å²) in [5.74, 6) is 0.888. The van der Waals surface area contributed by atoms with Crippen molar-refractivity contribution in [3.8, 4) is 5.75 Å². The summed E-state index contributed by atoms with van der Waals surface area (Å²) in [6.45, 7) is 2.00. The van der Waals surface area contributed by atoms with Crippen LogP contribution in [0.3, 0.4) is 0 Å². The molecule has 4 heteroatoms. The van der Waals surface area contributed by atoms with E-state index in [-0.39, 0.29) is 6.10 Å². The summed E-state index contributed by atoms with van der Waals surface area (Å²) in [7, 11) is 1.77. The molecule has 0 aromatic heterocycles. The number of methoxy groups -OCH3 is 1. The Morgan fingerprint density at radius 2 is 2.05 bits per heavy atom. The van der Waals surface area contributed by atoms with Crippen LogP contribution in [0, 0.1) is 6.92 Å². The van der Waals surface area contributed by atoms with Gasteiger partial charge in [-0.3, -0.25) is 0 Å². The number of thiocarbonyl (C=S) groups is 1. The summed E-state index contributed by atoms with van der Waals surface area (Å²) in [5, 5.41) is 0. The van der Waals surface area contributed by atoms with Gasteiger partial charge >= 0.3 is 0 Å². The van der Waals surface area contributed by atoms with Crippen molar-refractivity contribution < 1.29 is 9.47 Å². The SMILES string of the molecule is COC1CCCC(Oc2ccc(C(N)=S)c(C)c2)C1. The molecule has 1 saturated carbocycles. The number of hydrogen-bond acceptors (Lipinski definition) is 3. The molecule has 0 heterocycles. The third-order valence-corrected chi connectivity index (χ3v) is 3.90. The average molecular weight is 279 g/mol.